The molecule has 2 saturated carbocycles. The lowest BCUT2D eigenvalue weighted by molar-refractivity contribution is 0.0533. The van der Waals surface area contributed by atoms with Crippen LogP contribution in [-0.4, -0.2) is 58.7 Å². The van der Waals surface area contributed by atoms with Crippen LogP contribution in [-0.2, 0) is 0 Å². The van der Waals surface area contributed by atoms with Crippen LogP contribution < -0.4 is 9.47 Å². The van der Waals surface area contributed by atoms with Gasteiger partial charge < -0.3 is 9.47 Å². The van der Waals surface area contributed by atoms with Gasteiger partial charge in [-0.2, -0.15) is 0 Å². The predicted molar refractivity (Wildman–Crippen MR) is 287 cm³/mol. The molecule has 8 nitrogen and oxygen atoms in total. The molecule has 0 spiro atoms. The summed E-state index contributed by atoms with van der Waals surface area (Å²) in [5, 5.41) is 0. The van der Waals surface area contributed by atoms with E-state index in [1.165, 1.54) is 113 Å². The first-order valence-corrected chi connectivity index (χ1v) is 28.2. The maximum Gasteiger partial charge on any atom is 0.261 e. The topological polar surface area (TPSA) is 93.2 Å². The number of imide groups is 2. The molecule has 3 aromatic rings. The molecule has 4 amide bonds. The zero-order valence-corrected chi connectivity index (χ0v) is 43.1. The summed E-state index contributed by atoms with van der Waals surface area (Å²) in [4.78, 5) is 57.5. The maximum absolute atomic E-state index is 13.7. The lowest BCUT2D eigenvalue weighted by Crippen LogP contribution is -2.40. The summed E-state index contributed by atoms with van der Waals surface area (Å²) in [6.45, 7) is 5.70. The number of ether oxygens (including phenoxy) is 2. The van der Waals surface area contributed by atoms with Gasteiger partial charge in [0.25, 0.3) is 23.6 Å². The van der Waals surface area contributed by atoms with Crippen LogP contribution in [0.25, 0.3) is 24.3 Å². The molecule has 2 aliphatic carbocycles. The molecular formula is C62H84N2O6. The van der Waals surface area contributed by atoms with Gasteiger partial charge in [-0.3, -0.25) is 29.0 Å². The smallest absolute Gasteiger partial charge is 0.261 e. The molecule has 7 rings (SSSR count). The summed E-state index contributed by atoms with van der Waals surface area (Å²) in [6.07, 6.45) is 43.0. The predicted octanol–water partition coefficient (Wildman–Crippen LogP) is 16.5. The van der Waals surface area contributed by atoms with Crippen LogP contribution in [0.3, 0.4) is 0 Å². The first-order valence-electron chi connectivity index (χ1n) is 28.2. The molecule has 4 aliphatic rings. The molecule has 2 aliphatic heterocycles. The van der Waals surface area contributed by atoms with Gasteiger partial charge in [0, 0.05) is 23.2 Å². The highest BCUT2D eigenvalue weighted by molar-refractivity contribution is 6.22. The number of hydrogen-bond acceptors (Lipinski definition) is 6. The van der Waals surface area contributed by atoms with E-state index in [1.807, 2.05) is 60.7 Å². The minimum Gasteiger partial charge on any atom is -0.493 e. The van der Waals surface area contributed by atoms with Crippen molar-refractivity contribution in [2.75, 3.05) is 13.2 Å². The number of rotatable bonds is 30. The minimum absolute atomic E-state index is 0.0207. The van der Waals surface area contributed by atoms with E-state index in [2.05, 4.69) is 26.0 Å². The third-order valence-electron chi connectivity index (χ3n) is 15.3. The van der Waals surface area contributed by atoms with E-state index in [-0.39, 0.29) is 35.7 Å². The van der Waals surface area contributed by atoms with Crippen LogP contribution in [0, 0.1) is 0 Å². The van der Waals surface area contributed by atoms with Gasteiger partial charge in [-0.05, 0) is 86.1 Å². The normalized spacial score (nSPS) is 16.7. The van der Waals surface area contributed by atoms with Crippen molar-refractivity contribution in [3.63, 3.8) is 0 Å². The molecule has 70 heavy (non-hydrogen) atoms. The largest absolute Gasteiger partial charge is 0.493 e. The van der Waals surface area contributed by atoms with E-state index < -0.39 is 0 Å². The number of amides is 4. The van der Waals surface area contributed by atoms with Crippen LogP contribution in [0.4, 0.5) is 0 Å². The van der Waals surface area contributed by atoms with Gasteiger partial charge in [-0.15, -0.1) is 0 Å². The zero-order valence-electron chi connectivity index (χ0n) is 43.1. The zero-order chi connectivity index (χ0) is 48.9. The van der Waals surface area contributed by atoms with E-state index in [9.17, 15) is 19.2 Å². The molecule has 378 valence electrons. The van der Waals surface area contributed by atoms with Crippen molar-refractivity contribution in [2.24, 2.45) is 0 Å². The molecule has 0 radical (unpaired) electrons. The van der Waals surface area contributed by atoms with Crippen LogP contribution in [0.2, 0.25) is 0 Å². The minimum atomic E-state index is -0.178. The fourth-order valence-corrected chi connectivity index (χ4v) is 11.1. The highest BCUT2D eigenvalue weighted by Crippen LogP contribution is 2.36. The third kappa shape index (κ3) is 14.6. The fourth-order valence-electron chi connectivity index (χ4n) is 11.1. The SMILES string of the molecule is CCCCCCCCCCCCOc1cc(/C=C/c2ccc3c(c2)C(=O)N(C2CCCCC2)C3=O)c(OCCCCCCCCCCCC)cc1/C=C/c1ccc2c(c1)C(=O)N(C1CCCCC1)C2=O. The van der Waals surface area contributed by atoms with Gasteiger partial charge >= 0.3 is 0 Å². The number of carbonyl (C=O) groups is 4. The Hall–Kier alpha value is -4.98. The highest BCUT2D eigenvalue weighted by Gasteiger charge is 2.41. The quantitative estimate of drug-likeness (QED) is 0.0375. The Morgan fingerprint density at radius 2 is 0.729 bits per heavy atom. The Kier molecular flexibility index (Phi) is 21.3. The van der Waals surface area contributed by atoms with Gasteiger partial charge in [-0.25, -0.2) is 0 Å². The van der Waals surface area contributed by atoms with Gasteiger partial charge in [0.1, 0.15) is 11.5 Å². The van der Waals surface area contributed by atoms with E-state index in [1.54, 1.807) is 0 Å². The molecular weight excluding hydrogens is 869 g/mol. The van der Waals surface area contributed by atoms with E-state index in [0.29, 0.717) is 35.5 Å². The summed E-state index contributed by atoms with van der Waals surface area (Å²) in [7, 11) is 0. The molecule has 8 heteroatoms. The molecule has 0 unspecified atom stereocenters. The first-order chi connectivity index (χ1) is 34.4. The average molecular weight is 953 g/mol. The van der Waals surface area contributed by atoms with Crippen LogP contribution >= 0.6 is 0 Å². The summed E-state index contributed by atoms with van der Waals surface area (Å²) in [5.41, 5.74) is 5.38. The maximum atomic E-state index is 13.7. The standard InChI is InChI=1S/C62H84N2O6/c1-3-5-7-9-11-13-15-17-19-27-41-69-57-45-50(38-34-48-36-40-54-56(44-48)62(68)64(60(54)66)52-31-25-22-26-32-52)58(70-42-28-20-18-16-14-12-10-8-6-4-2)46-49(57)37-33-47-35-39-53-55(43-47)61(67)63(59(53)65)51-29-23-21-24-30-51/h33-40,43-46,51-52H,3-32,41-42H2,1-2H3/b37-33+,38-34+. The van der Waals surface area contributed by atoms with E-state index in [0.717, 1.165) is 124 Å². The van der Waals surface area contributed by atoms with Crippen LogP contribution in [0.15, 0.2) is 48.5 Å². The fraction of sp³-hybridized carbons (Fsp3) is 0.581. The number of nitrogens with zero attached hydrogens (tertiary/aromatic N) is 2. The molecule has 2 heterocycles. The Labute approximate surface area is 421 Å². The number of benzene rings is 3. The van der Waals surface area contributed by atoms with Gasteiger partial charge in [0.05, 0.1) is 35.5 Å². The molecule has 0 aromatic heterocycles. The Morgan fingerprint density at radius 3 is 1.09 bits per heavy atom. The lowest BCUT2D eigenvalue weighted by Gasteiger charge is -2.29. The summed E-state index contributed by atoms with van der Waals surface area (Å²) in [5.74, 6) is 0.794. The number of fused-ring (bicyclic) bond motifs is 2. The number of carbonyl (C=O) groups excluding carboxylic acids is 4. The van der Waals surface area contributed by atoms with Crippen molar-refractivity contribution in [2.45, 2.75) is 219 Å². The number of unbranched alkanes of at least 4 members (excludes halogenated alkanes) is 18. The van der Waals surface area contributed by atoms with E-state index in [4.69, 9.17) is 9.47 Å². The number of hydrogen-bond donors (Lipinski definition) is 0. The van der Waals surface area contributed by atoms with Gasteiger partial charge in [-0.1, -0.05) is 204 Å². The summed E-state index contributed by atoms with van der Waals surface area (Å²) < 4.78 is 13.3. The van der Waals surface area contributed by atoms with Crippen molar-refractivity contribution < 1.29 is 28.7 Å². The molecule has 0 saturated heterocycles. The van der Waals surface area contributed by atoms with Crippen molar-refractivity contribution >= 4 is 47.9 Å². The van der Waals surface area contributed by atoms with Crippen LogP contribution in [0.5, 0.6) is 11.5 Å². The monoisotopic (exact) mass is 953 g/mol. The molecule has 2 fully saturated rings. The van der Waals surface area contributed by atoms with Gasteiger partial charge in [0.2, 0.25) is 0 Å². The van der Waals surface area contributed by atoms with Crippen molar-refractivity contribution in [3.8, 4) is 11.5 Å². The molecule has 0 atom stereocenters. The average Bonchev–Trinajstić information content (AvgIpc) is 3.79. The third-order valence-corrected chi connectivity index (χ3v) is 15.3. The van der Waals surface area contributed by atoms with Crippen molar-refractivity contribution in [3.05, 3.63) is 93.0 Å². The first kappa shape index (κ1) is 52.8. The summed E-state index contributed by atoms with van der Waals surface area (Å²) >= 11 is 0. The van der Waals surface area contributed by atoms with E-state index >= 15 is 0 Å². The van der Waals surface area contributed by atoms with Crippen molar-refractivity contribution in [1.82, 2.24) is 9.80 Å². The Morgan fingerprint density at radius 1 is 0.400 bits per heavy atom. The molecule has 0 bridgehead atoms. The Bertz CT molecular complexity index is 2090. The molecule has 3 aromatic carbocycles. The second kappa shape index (κ2) is 28.2. The van der Waals surface area contributed by atoms with Crippen molar-refractivity contribution in [1.29, 1.82) is 0 Å². The summed E-state index contributed by atoms with van der Waals surface area (Å²) in [6, 6.07) is 15.3. The van der Waals surface area contributed by atoms with Crippen LogP contribution in [0.1, 0.15) is 270 Å². The second-order valence-corrected chi connectivity index (χ2v) is 20.8. The highest BCUT2D eigenvalue weighted by atomic mass is 16.5. The molecule has 0 N–H and O–H groups in total. The lowest BCUT2D eigenvalue weighted by atomic mass is 9.94. The Balaban J connectivity index is 1.11. The van der Waals surface area contributed by atoms with Gasteiger partial charge in [0.15, 0.2) is 0 Å². The second-order valence-electron chi connectivity index (χ2n) is 20.8.